The van der Waals surface area contributed by atoms with E-state index in [4.69, 9.17) is 40.0 Å². The molecule has 0 spiro atoms. The second-order valence-corrected chi connectivity index (χ2v) is 25.2. The number of nitrogen functional groups attached to an aromatic ring is 1. The minimum Gasteiger partial charge on any atom is -0.481 e. The Morgan fingerprint density at radius 3 is 1.37 bits per heavy atom. The summed E-state index contributed by atoms with van der Waals surface area (Å²) in [6.07, 6.45) is 6.39. The Hall–Kier alpha value is -10.4. The molecule has 2 aliphatic heterocycles. The molecule has 7 N–H and O–H groups in total. The van der Waals surface area contributed by atoms with Crippen molar-refractivity contribution in [3.63, 3.8) is 0 Å². The molecule has 0 bridgehead atoms. The first-order valence-corrected chi connectivity index (χ1v) is 31.1. The number of benzene rings is 6. The molecule has 2 fully saturated rings. The molecule has 2 saturated heterocycles. The molecule has 20 nitrogen and oxygen atoms in total. The number of Topliss-reactive ketones (excluding diaryl/α,β-unsaturated/α-hetero) is 1. The number of carboxylic acids is 1. The average molecular weight is 1250 g/mol. The lowest BCUT2D eigenvalue weighted by molar-refractivity contribution is -0.144. The molecule has 0 radical (unpaired) electrons. The summed E-state index contributed by atoms with van der Waals surface area (Å²) in [5.74, 6) is 3.33. The number of aryl methyl sites for hydroxylation is 2. The standard InChI is InChI=1S/C37H39N5O4.C30H30N6O2.C6H10O3/c1-24-9-11-27(12-10-24)42-35(23-34(41-42)37(2,3)4)40-36(44)39-31-13-14-33(30-8-6-5-7-29(30)31)46-28-15-18-38-26(21-28)22-32(43)25-16-19-45-20-17-25;1-19-9-11-20(12-10-19)36-28(18-26(35-36)30(2,3)4)34-29(37)33-24-13-14-25(23-8-6-5-7-22(23)24)38-21-15-16-32-27(31)17-21;7-6(8)5-1-3-9-4-2-5/h5-15,18,21,23,25H,16-17,19-20,22H2,1-4H3,(H2,39,40,44);5-18H,1-4H3,(H2,31,32)(H2,33,34,37);5H,1-4H2,(H,7,8). The molecule has 6 heterocycles. The number of carbonyl (C=O) groups is 4. The van der Waals surface area contributed by atoms with Gasteiger partial charge in [-0.2, -0.15) is 10.2 Å². The van der Waals surface area contributed by atoms with E-state index in [1.165, 1.54) is 0 Å². The number of nitrogens with one attached hydrogen (secondary N) is 4. The largest absolute Gasteiger partial charge is 0.481 e. The van der Waals surface area contributed by atoms with Gasteiger partial charge in [-0.15, -0.1) is 0 Å². The molecule has 0 saturated carbocycles. The molecule has 4 aromatic heterocycles. The summed E-state index contributed by atoms with van der Waals surface area (Å²) in [6, 6.07) is 48.9. The lowest BCUT2D eigenvalue weighted by atomic mass is 9.92. The number of aromatic nitrogens is 6. The SMILES string of the molecule is Cc1ccc(-n2nc(C(C)(C)C)cc2NC(=O)Nc2ccc(Oc3ccnc(CC(=O)C4CCOCC4)c3)c3ccccc23)cc1.Cc1ccc(-n2nc(C(C)(C)C)cc2NC(=O)Nc2ccc(Oc3ccnc(N)c3)c3ccccc23)cc1.O=C(O)C1CCOCC1. The number of nitrogens with zero attached hydrogens (tertiary/aromatic N) is 6. The quantitative estimate of drug-likeness (QED) is 0.0592. The van der Waals surface area contributed by atoms with Gasteiger partial charge in [0, 0.05) is 108 Å². The number of fused-ring (bicyclic) bond motifs is 2. The number of hydrogen-bond donors (Lipinski definition) is 6. The van der Waals surface area contributed by atoms with Crippen LogP contribution in [0, 0.1) is 25.7 Å². The number of pyridine rings is 2. The number of carbonyl (C=O) groups excluding carboxylic acids is 3. The first-order chi connectivity index (χ1) is 44.6. The average Bonchev–Trinajstić information content (AvgIpc) is 1.70. The number of ketones is 1. The van der Waals surface area contributed by atoms with Crippen molar-refractivity contribution in [2.24, 2.45) is 11.8 Å². The number of hydrogen-bond acceptors (Lipinski definition) is 13. The highest BCUT2D eigenvalue weighted by Crippen LogP contribution is 2.38. The van der Waals surface area contributed by atoms with Crippen LogP contribution in [0.1, 0.15) is 95.4 Å². The predicted molar refractivity (Wildman–Crippen MR) is 364 cm³/mol. The smallest absolute Gasteiger partial charge is 0.324 e. The molecule has 4 amide bonds. The van der Waals surface area contributed by atoms with E-state index in [1.54, 1.807) is 40.0 Å². The molecule has 10 aromatic rings. The zero-order chi connectivity index (χ0) is 65.8. The van der Waals surface area contributed by atoms with Crippen molar-refractivity contribution in [1.82, 2.24) is 29.5 Å². The van der Waals surface area contributed by atoms with E-state index >= 15 is 0 Å². The minimum atomic E-state index is -0.682. The maximum atomic E-state index is 13.4. The lowest BCUT2D eigenvalue weighted by Gasteiger charge is -2.20. The molecule has 0 aliphatic carbocycles. The Morgan fingerprint density at radius 1 is 0.527 bits per heavy atom. The van der Waals surface area contributed by atoms with Gasteiger partial charge >= 0.3 is 18.0 Å². The van der Waals surface area contributed by atoms with Crippen molar-refractivity contribution in [3.8, 4) is 34.4 Å². The molecule has 20 heteroatoms. The molecule has 2 aliphatic rings. The van der Waals surface area contributed by atoms with Crippen molar-refractivity contribution in [1.29, 1.82) is 0 Å². The summed E-state index contributed by atoms with van der Waals surface area (Å²) >= 11 is 0. The van der Waals surface area contributed by atoms with Gasteiger partial charge in [-0.3, -0.25) is 25.2 Å². The van der Waals surface area contributed by atoms with Crippen LogP contribution in [0.5, 0.6) is 23.0 Å². The molecule has 93 heavy (non-hydrogen) atoms. The second-order valence-electron chi connectivity index (χ2n) is 25.2. The predicted octanol–water partition coefficient (Wildman–Crippen LogP) is 15.5. The Morgan fingerprint density at radius 2 is 0.946 bits per heavy atom. The number of ether oxygens (including phenoxy) is 4. The number of urea groups is 2. The van der Waals surface area contributed by atoms with Gasteiger partial charge in [0.05, 0.1) is 45.7 Å². The Balaban J connectivity index is 0.000000181. The fraction of sp³-hybridized carbons (Fsp3) is 0.288. The summed E-state index contributed by atoms with van der Waals surface area (Å²) in [7, 11) is 0. The molecule has 12 rings (SSSR count). The van der Waals surface area contributed by atoms with Gasteiger partial charge in [0.25, 0.3) is 0 Å². The van der Waals surface area contributed by atoms with Crippen LogP contribution in [0.3, 0.4) is 0 Å². The van der Waals surface area contributed by atoms with Crippen molar-refractivity contribution >= 4 is 74.2 Å². The first-order valence-electron chi connectivity index (χ1n) is 31.1. The zero-order valence-corrected chi connectivity index (χ0v) is 53.7. The van der Waals surface area contributed by atoms with Crippen molar-refractivity contribution < 1.29 is 43.2 Å². The van der Waals surface area contributed by atoms with Crippen LogP contribution in [0.4, 0.5) is 38.4 Å². The zero-order valence-electron chi connectivity index (χ0n) is 53.7. The summed E-state index contributed by atoms with van der Waals surface area (Å²) in [5, 5.41) is 33.4. The lowest BCUT2D eigenvalue weighted by Crippen LogP contribution is -2.25. The number of carboxylic acid groups (broad SMARTS) is 1. The molecule has 6 aromatic carbocycles. The van der Waals surface area contributed by atoms with Crippen LogP contribution in [0.25, 0.3) is 32.9 Å². The third-order valence-electron chi connectivity index (χ3n) is 15.9. The molecule has 480 valence electrons. The van der Waals surface area contributed by atoms with E-state index in [2.05, 4.69) is 72.8 Å². The third-order valence-corrected chi connectivity index (χ3v) is 15.9. The van der Waals surface area contributed by atoms with E-state index in [9.17, 15) is 19.2 Å². The van der Waals surface area contributed by atoms with E-state index in [-0.39, 0.29) is 46.9 Å². The minimum absolute atomic E-state index is 0.0185. The highest BCUT2D eigenvalue weighted by atomic mass is 16.5. The summed E-state index contributed by atoms with van der Waals surface area (Å²) in [4.78, 5) is 58.2. The third kappa shape index (κ3) is 17.1. The molecular formula is C73H79N11O9. The van der Waals surface area contributed by atoms with E-state index in [0.717, 1.165) is 68.3 Å². The highest BCUT2D eigenvalue weighted by molar-refractivity contribution is 6.08. The highest BCUT2D eigenvalue weighted by Gasteiger charge is 2.26. The Kier molecular flexibility index (Phi) is 20.6. The Labute approximate surface area is 540 Å². The van der Waals surface area contributed by atoms with Crippen LogP contribution in [-0.4, -0.2) is 84.9 Å². The van der Waals surface area contributed by atoms with Crippen LogP contribution in [-0.2, 0) is 36.3 Å². The van der Waals surface area contributed by atoms with Gasteiger partial charge in [-0.1, -0.05) is 125 Å². The van der Waals surface area contributed by atoms with Gasteiger partial charge in [0.2, 0.25) is 0 Å². The van der Waals surface area contributed by atoms with Gasteiger partial charge in [0.15, 0.2) is 0 Å². The van der Waals surface area contributed by atoms with Crippen LogP contribution in [0.15, 0.2) is 170 Å². The number of anilines is 5. The number of amides is 4. The topological polar surface area (TPSA) is 261 Å². The summed E-state index contributed by atoms with van der Waals surface area (Å²) < 4.78 is 26.3. The fourth-order valence-electron chi connectivity index (χ4n) is 10.6. The summed E-state index contributed by atoms with van der Waals surface area (Å²) in [6.45, 7) is 19.1. The van der Waals surface area contributed by atoms with Gasteiger partial charge < -0.3 is 40.4 Å². The number of nitrogens with two attached hydrogens (primary N) is 1. The van der Waals surface area contributed by atoms with Gasteiger partial charge in [0.1, 0.15) is 46.2 Å². The van der Waals surface area contributed by atoms with E-state index in [0.29, 0.717) is 96.8 Å². The maximum absolute atomic E-state index is 13.4. The van der Waals surface area contributed by atoms with Gasteiger partial charge in [-0.25, -0.2) is 23.9 Å². The van der Waals surface area contributed by atoms with Crippen molar-refractivity contribution in [2.45, 2.75) is 98.3 Å². The summed E-state index contributed by atoms with van der Waals surface area (Å²) in [5.41, 5.74) is 13.1. The van der Waals surface area contributed by atoms with Crippen LogP contribution in [0.2, 0.25) is 0 Å². The first kappa shape index (κ1) is 65.5. The Bertz CT molecular complexity index is 4270. The van der Waals surface area contributed by atoms with E-state index in [1.807, 2.05) is 153 Å². The van der Waals surface area contributed by atoms with Crippen molar-refractivity contribution in [3.05, 3.63) is 198 Å². The number of rotatable bonds is 14. The van der Waals surface area contributed by atoms with Gasteiger partial charge in [-0.05, 0) is 100 Å². The maximum Gasteiger partial charge on any atom is 0.324 e. The van der Waals surface area contributed by atoms with Crippen LogP contribution >= 0.6 is 0 Å². The number of aliphatic carboxylic acids is 1. The molecule has 0 unspecified atom stereocenters. The monoisotopic (exact) mass is 1250 g/mol. The van der Waals surface area contributed by atoms with Crippen LogP contribution < -0.4 is 36.5 Å². The molecule has 0 atom stereocenters. The normalized spacial score (nSPS) is 13.6. The van der Waals surface area contributed by atoms with Crippen molar-refractivity contribution in [2.75, 3.05) is 53.4 Å². The molecular weight excluding hydrogens is 1170 g/mol. The second kappa shape index (κ2) is 29.2. The van der Waals surface area contributed by atoms with E-state index < -0.39 is 5.97 Å². The fourth-order valence-corrected chi connectivity index (χ4v) is 10.6.